The van der Waals surface area contributed by atoms with Gasteiger partial charge in [0.2, 0.25) is 0 Å². The van der Waals surface area contributed by atoms with Crippen molar-refractivity contribution in [1.29, 1.82) is 0 Å². The number of aryl methyl sites for hydroxylation is 1. The number of nitrogens with zero attached hydrogens (tertiary/aromatic N) is 2. The third-order valence-corrected chi connectivity index (χ3v) is 8.45. The molecule has 4 heteroatoms. The van der Waals surface area contributed by atoms with E-state index in [1.54, 1.807) is 0 Å². The first-order valence-electron chi connectivity index (χ1n) is 14.3. The van der Waals surface area contributed by atoms with Crippen LogP contribution in [-0.4, -0.2) is 15.9 Å². The molecular weight excluding hydrogens is 432 g/mol. The average molecular weight is 477 g/mol. The molecule has 1 aromatic carbocycles. The summed E-state index contributed by atoms with van der Waals surface area (Å²) < 4.78 is 5.76. The highest BCUT2D eigenvalue weighted by Gasteiger charge is 2.33. The lowest BCUT2D eigenvalue weighted by molar-refractivity contribution is -0.140. The van der Waals surface area contributed by atoms with Gasteiger partial charge >= 0.3 is 5.97 Å². The van der Waals surface area contributed by atoms with E-state index in [4.69, 9.17) is 4.74 Å². The highest BCUT2D eigenvalue weighted by atomic mass is 16.5. The van der Waals surface area contributed by atoms with E-state index in [1.165, 1.54) is 64.2 Å². The SMILES string of the molecule is CCCCC[C@H]1CC[C@H]([C@H]2CC[C@H](C(=O)Oc3ccc(-c4ncc(CCC)cn4)cc3)CC2)CC1. The molecule has 0 bridgehead atoms. The number of rotatable bonds is 10. The van der Waals surface area contributed by atoms with Gasteiger partial charge in [-0.1, -0.05) is 58.8 Å². The summed E-state index contributed by atoms with van der Waals surface area (Å²) in [5, 5.41) is 0. The molecule has 2 aliphatic carbocycles. The van der Waals surface area contributed by atoms with Crippen LogP contribution in [0.1, 0.15) is 103 Å². The summed E-state index contributed by atoms with van der Waals surface area (Å²) in [5.41, 5.74) is 2.10. The van der Waals surface area contributed by atoms with Gasteiger partial charge in [-0.15, -0.1) is 0 Å². The molecule has 2 fully saturated rings. The zero-order chi connectivity index (χ0) is 24.5. The summed E-state index contributed by atoms with van der Waals surface area (Å²) >= 11 is 0. The fourth-order valence-electron chi connectivity index (χ4n) is 6.25. The standard InChI is InChI=1S/C31H44N2O2/c1-3-5-6-8-23-9-11-25(12-10-23)26-13-15-28(16-14-26)31(34)35-29-19-17-27(18-20-29)30-32-21-24(7-4-2)22-33-30/h17-23,25-26,28H,3-16H2,1-2H3/t23-,25-,26-,28-. The Balaban J connectivity index is 1.20. The summed E-state index contributed by atoms with van der Waals surface area (Å²) in [6.45, 7) is 4.45. The number of carbonyl (C=O) groups excluding carboxylic acids is 1. The Bertz CT molecular complexity index is 893. The summed E-state index contributed by atoms with van der Waals surface area (Å²) in [6, 6.07) is 7.60. The zero-order valence-corrected chi connectivity index (χ0v) is 21.9. The van der Waals surface area contributed by atoms with Crippen molar-refractivity contribution in [3.05, 3.63) is 42.2 Å². The maximum absolute atomic E-state index is 12.8. The van der Waals surface area contributed by atoms with Crippen molar-refractivity contribution in [2.24, 2.45) is 23.7 Å². The summed E-state index contributed by atoms with van der Waals surface area (Å²) in [5.74, 6) is 3.99. The first-order valence-corrected chi connectivity index (χ1v) is 14.3. The fraction of sp³-hybridized carbons (Fsp3) is 0.645. The average Bonchev–Trinajstić information content (AvgIpc) is 2.90. The van der Waals surface area contributed by atoms with E-state index in [0.717, 1.165) is 54.6 Å². The minimum Gasteiger partial charge on any atom is -0.426 e. The Labute approximate surface area is 212 Å². The number of hydrogen-bond donors (Lipinski definition) is 0. The Morgan fingerprint density at radius 1 is 0.829 bits per heavy atom. The van der Waals surface area contributed by atoms with Crippen molar-refractivity contribution in [3.8, 4) is 17.1 Å². The lowest BCUT2D eigenvalue weighted by atomic mass is 9.68. The van der Waals surface area contributed by atoms with Gasteiger partial charge in [0.15, 0.2) is 5.82 Å². The molecule has 0 saturated heterocycles. The highest BCUT2D eigenvalue weighted by Crippen LogP contribution is 2.42. The van der Waals surface area contributed by atoms with Gasteiger partial charge in [-0.2, -0.15) is 0 Å². The van der Waals surface area contributed by atoms with Gasteiger partial charge in [0, 0.05) is 18.0 Å². The van der Waals surface area contributed by atoms with Crippen molar-refractivity contribution >= 4 is 5.97 Å². The monoisotopic (exact) mass is 476 g/mol. The zero-order valence-electron chi connectivity index (χ0n) is 21.9. The minimum absolute atomic E-state index is 0.0470. The first-order chi connectivity index (χ1) is 17.2. The van der Waals surface area contributed by atoms with E-state index in [-0.39, 0.29) is 11.9 Å². The van der Waals surface area contributed by atoms with Crippen LogP contribution >= 0.6 is 0 Å². The molecule has 2 saturated carbocycles. The number of ether oxygens (including phenoxy) is 1. The molecule has 1 heterocycles. The van der Waals surface area contributed by atoms with E-state index in [0.29, 0.717) is 11.6 Å². The third kappa shape index (κ3) is 7.38. The molecule has 1 aromatic heterocycles. The molecular formula is C31H44N2O2. The van der Waals surface area contributed by atoms with Crippen molar-refractivity contribution in [2.45, 2.75) is 104 Å². The number of aromatic nitrogens is 2. The summed E-state index contributed by atoms with van der Waals surface area (Å²) in [6.07, 6.45) is 21.5. The van der Waals surface area contributed by atoms with Crippen LogP contribution < -0.4 is 4.74 Å². The van der Waals surface area contributed by atoms with E-state index in [9.17, 15) is 4.79 Å². The van der Waals surface area contributed by atoms with E-state index < -0.39 is 0 Å². The van der Waals surface area contributed by atoms with Gasteiger partial charge in [-0.25, -0.2) is 9.97 Å². The van der Waals surface area contributed by atoms with Crippen LogP contribution in [0.4, 0.5) is 0 Å². The Morgan fingerprint density at radius 2 is 1.46 bits per heavy atom. The largest absolute Gasteiger partial charge is 0.426 e. The van der Waals surface area contributed by atoms with Crippen molar-refractivity contribution in [1.82, 2.24) is 9.97 Å². The Hall–Kier alpha value is -2.23. The van der Waals surface area contributed by atoms with Crippen LogP contribution in [-0.2, 0) is 11.2 Å². The molecule has 0 amide bonds. The number of unbranched alkanes of at least 4 members (excludes halogenated alkanes) is 2. The second-order valence-electron chi connectivity index (χ2n) is 11.0. The van der Waals surface area contributed by atoms with Crippen LogP contribution in [0.3, 0.4) is 0 Å². The van der Waals surface area contributed by atoms with Crippen LogP contribution in [0.5, 0.6) is 5.75 Å². The van der Waals surface area contributed by atoms with Crippen LogP contribution in [0.15, 0.2) is 36.7 Å². The molecule has 0 unspecified atom stereocenters. The van der Waals surface area contributed by atoms with Gasteiger partial charge < -0.3 is 4.74 Å². The van der Waals surface area contributed by atoms with E-state index in [2.05, 4.69) is 23.8 Å². The molecule has 0 aliphatic heterocycles. The third-order valence-electron chi connectivity index (χ3n) is 8.45. The first kappa shape index (κ1) is 25.9. The second-order valence-corrected chi connectivity index (χ2v) is 11.0. The molecule has 0 radical (unpaired) electrons. The van der Waals surface area contributed by atoms with E-state index >= 15 is 0 Å². The predicted molar refractivity (Wildman–Crippen MR) is 142 cm³/mol. The maximum atomic E-state index is 12.8. The minimum atomic E-state index is -0.0593. The number of hydrogen-bond acceptors (Lipinski definition) is 4. The van der Waals surface area contributed by atoms with Crippen molar-refractivity contribution in [2.75, 3.05) is 0 Å². The summed E-state index contributed by atoms with van der Waals surface area (Å²) in [4.78, 5) is 21.8. The van der Waals surface area contributed by atoms with Gasteiger partial charge in [0.25, 0.3) is 0 Å². The normalized spacial score (nSPS) is 24.7. The Kier molecular flexibility index (Phi) is 9.74. The smallest absolute Gasteiger partial charge is 0.314 e. The molecule has 0 spiro atoms. The van der Waals surface area contributed by atoms with Gasteiger partial charge in [-0.05, 0) is 92.5 Å². The maximum Gasteiger partial charge on any atom is 0.314 e. The number of benzene rings is 1. The van der Waals surface area contributed by atoms with Gasteiger partial charge in [-0.3, -0.25) is 4.79 Å². The van der Waals surface area contributed by atoms with Gasteiger partial charge in [0.05, 0.1) is 5.92 Å². The molecule has 2 aromatic rings. The van der Waals surface area contributed by atoms with Crippen LogP contribution in [0.2, 0.25) is 0 Å². The predicted octanol–water partition coefficient (Wildman–Crippen LogP) is 8.19. The molecule has 0 atom stereocenters. The van der Waals surface area contributed by atoms with Crippen molar-refractivity contribution < 1.29 is 9.53 Å². The lowest BCUT2D eigenvalue weighted by Gasteiger charge is -2.37. The highest BCUT2D eigenvalue weighted by molar-refractivity contribution is 5.75. The second kappa shape index (κ2) is 13.2. The van der Waals surface area contributed by atoms with Gasteiger partial charge in [0.1, 0.15) is 5.75 Å². The lowest BCUT2D eigenvalue weighted by Crippen LogP contribution is -2.30. The molecule has 4 nitrogen and oxygen atoms in total. The molecule has 4 rings (SSSR count). The van der Waals surface area contributed by atoms with E-state index in [1.807, 2.05) is 36.7 Å². The van der Waals surface area contributed by atoms with Crippen LogP contribution in [0.25, 0.3) is 11.4 Å². The number of esters is 1. The molecule has 190 valence electrons. The fourth-order valence-corrected chi connectivity index (χ4v) is 6.25. The topological polar surface area (TPSA) is 52.1 Å². The number of carbonyl (C=O) groups is 1. The van der Waals surface area contributed by atoms with Crippen LogP contribution in [0, 0.1) is 23.7 Å². The van der Waals surface area contributed by atoms with Crippen molar-refractivity contribution in [3.63, 3.8) is 0 Å². The molecule has 2 aliphatic rings. The summed E-state index contributed by atoms with van der Waals surface area (Å²) in [7, 11) is 0. The molecule has 35 heavy (non-hydrogen) atoms. The molecule has 0 N–H and O–H groups in total. The Morgan fingerprint density at radius 3 is 2.06 bits per heavy atom. The quantitative estimate of drug-likeness (QED) is 0.197.